The molecule has 1 amide bonds. The van der Waals surface area contributed by atoms with Crippen LogP contribution in [0.15, 0.2) is 48.5 Å². The Kier molecular flexibility index (Phi) is 3.91. The van der Waals surface area contributed by atoms with Crippen LogP contribution < -0.4 is 5.32 Å². The van der Waals surface area contributed by atoms with Crippen LogP contribution in [0.1, 0.15) is 41.9 Å². The molecule has 1 aliphatic carbocycles. The highest BCUT2D eigenvalue weighted by Gasteiger charge is 2.64. The highest BCUT2D eigenvalue weighted by molar-refractivity contribution is 6.31. The standard InChI is InChI=1S/C29H25N3O5/c1-28-29(36,27(35)30-12-13-33)14-21(37-28)31-18-8-4-2-6-15(18)24-23-17(10-11-20(23)34)22-16-7-3-5-9-19(16)32(28)26(22)25(24)31/h2-9,21,33,36H,10-14H2,1H3,(H,30,35)/t21-,28+,29+/m1/s1. The van der Waals surface area contributed by atoms with E-state index in [1.54, 1.807) is 6.92 Å². The summed E-state index contributed by atoms with van der Waals surface area (Å²) in [6.45, 7) is 1.58. The summed E-state index contributed by atoms with van der Waals surface area (Å²) < 4.78 is 10.8. The molecule has 2 bridgehead atoms. The lowest BCUT2D eigenvalue weighted by molar-refractivity contribution is -0.187. The van der Waals surface area contributed by atoms with E-state index in [9.17, 15) is 19.8 Å². The van der Waals surface area contributed by atoms with E-state index in [1.165, 1.54) is 0 Å². The first kappa shape index (κ1) is 21.4. The summed E-state index contributed by atoms with van der Waals surface area (Å²) in [7, 11) is 0. The number of para-hydroxylation sites is 2. The lowest BCUT2D eigenvalue weighted by atomic mass is 9.87. The number of hydrogen-bond acceptors (Lipinski definition) is 5. The van der Waals surface area contributed by atoms with Crippen LogP contribution in [0.3, 0.4) is 0 Å². The summed E-state index contributed by atoms with van der Waals surface area (Å²) in [4.78, 5) is 26.9. The first-order valence-corrected chi connectivity index (χ1v) is 12.7. The third kappa shape index (κ3) is 2.27. The van der Waals surface area contributed by atoms with E-state index in [0.29, 0.717) is 12.8 Å². The Hall–Kier alpha value is -3.72. The van der Waals surface area contributed by atoms with Crippen molar-refractivity contribution in [3.8, 4) is 0 Å². The highest BCUT2D eigenvalue weighted by Crippen LogP contribution is 2.57. The Bertz CT molecular complexity index is 1870. The van der Waals surface area contributed by atoms with Crippen molar-refractivity contribution in [2.75, 3.05) is 13.2 Å². The number of hydrogen-bond donors (Lipinski definition) is 3. The van der Waals surface area contributed by atoms with Gasteiger partial charge in [-0.1, -0.05) is 36.4 Å². The number of carbonyl (C=O) groups is 2. The monoisotopic (exact) mass is 495 g/mol. The lowest BCUT2D eigenvalue weighted by Gasteiger charge is -2.38. The zero-order chi connectivity index (χ0) is 25.3. The van der Waals surface area contributed by atoms with Crippen molar-refractivity contribution < 1.29 is 24.5 Å². The number of rotatable bonds is 3. The molecule has 5 aromatic rings. The minimum absolute atomic E-state index is 0.0208. The second kappa shape index (κ2) is 6.77. The van der Waals surface area contributed by atoms with Crippen molar-refractivity contribution >= 4 is 55.3 Å². The number of fused-ring (bicyclic) bond motifs is 13. The molecular formula is C29H25N3O5. The van der Waals surface area contributed by atoms with Crippen molar-refractivity contribution in [1.29, 1.82) is 0 Å². The van der Waals surface area contributed by atoms with Gasteiger partial charge in [0.1, 0.15) is 6.23 Å². The predicted molar refractivity (Wildman–Crippen MR) is 139 cm³/mol. The first-order chi connectivity index (χ1) is 17.9. The Morgan fingerprint density at radius 1 is 1.05 bits per heavy atom. The number of aliphatic hydroxyl groups excluding tert-OH is 1. The molecule has 4 heterocycles. The van der Waals surface area contributed by atoms with Gasteiger partial charge in [-0.15, -0.1) is 0 Å². The number of amides is 1. The second-order valence-electron chi connectivity index (χ2n) is 10.6. The molecule has 0 spiro atoms. The number of aryl methyl sites for hydroxylation is 1. The molecule has 1 fully saturated rings. The molecular weight excluding hydrogens is 470 g/mol. The van der Waals surface area contributed by atoms with Crippen LogP contribution in [0.5, 0.6) is 0 Å². The van der Waals surface area contributed by atoms with Crippen LogP contribution in [0, 0.1) is 0 Å². The fraction of sp³-hybridized carbons (Fsp3) is 0.310. The van der Waals surface area contributed by atoms with E-state index < -0.39 is 23.5 Å². The van der Waals surface area contributed by atoms with Gasteiger partial charge in [-0.3, -0.25) is 9.59 Å². The van der Waals surface area contributed by atoms with Crippen molar-refractivity contribution in [2.45, 2.75) is 43.7 Å². The molecule has 3 N–H and O–H groups in total. The van der Waals surface area contributed by atoms with E-state index >= 15 is 0 Å². The summed E-state index contributed by atoms with van der Waals surface area (Å²) >= 11 is 0. The molecule has 3 atom stereocenters. The number of aromatic nitrogens is 2. The van der Waals surface area contributed by atoms with E-state index in [0.717, 1.165) is 54.7 Å². The van der Waals surface area contributed by atoms with Crippen molar-refractivity contribution in [3.05, 3.63) is 59.7 Å². The third-order valence-electron chi connectivity index (χ3n) is 8.83. The molecule has 8 rings (SSSR count). The fourth-order valence-corrected chi connectivity index (χ4v) is 7.31. The minimum atomic E-state index is -1.91. The first-order valence-electron chi connectivity index (χ1n) is 12.7. The largest absolute Gasteiger partial charge is 0.395 e. The van der Waals surface area contributed by atoms with Gasteiger partial charge in [0.25, 0.3) is 5.91 Å². The van der Waals surface area contributed by atoms with E-state index in [-0.39, 0.29) is 25.4 Å². The Morgan fingerprint density at radius 3 is 2.51 bits per heavy atom. The maximum atomic E-state index is 13.5. The predicted octanol–water partition coefficient (Wildman–Crippen LogP) is 3.48. The van der Waals surface area contributed by atoms with Crippen molar-refractivity contribution in [3.63, 3.8) is 0 Å². The van der Waals surface area contributed by atoms with Gasteiger partial charge < -0.3 is 29.4 Å². The van der Waals surface area contributed by atoms with Gasteiger partial charge in [-0.2, -0.15) is 0 Å². The summed E-state index contributed by atoms with van der Waals surface area (Å²) in [5, 5.41) is 28.1. The van der Waals surface area contributed by atoms with Crippen LogP contribution in [0.25, 0.3) is 43.6 Å². The zero-order valence-corrected chi connectivity index (χ0v) is 20.2. The third-order valence-corrected chi connectivity index (χ3v) is 8.83. The van der Waals surface area contributed by atoms with Gasteiger partial charge in [0.2, 0.25) is 0 Å². The number of carbonyl (C=O) groups excluding carboxylic acids is 2. The van der Waals surface area contributed by atoms with Gasteiger partial charge in [-0.25, -0.2) is 0 Å². The molecule has 2 aromatic heterocycles. The smallest absolute Gasteiger partial charge is 0.257 e. The molecule has 0 saturated carbocycles. The maximum Gasteiger partial charge on any atom is 0.257 e. The average Bonchev–Trinajstić information content (AvgIpc) is 3.59. The summed E-state index contributed by atoms with van der Waals surface area (Å²) in [5.74, 6) is -0.428. The van der Waals surface area contributed by atoms with Gasteiger partial charge in [0, 0.05) is 46.5 Å². The quantitative estimate of drug-likeness (QED) is 0.356. The summed E-state index contributed by atoms with van der Waals surface area (Å²) in [6.07, 6.45) is 0.491. The van der Waals surface area contributed by atoms with E-state index in [1.807, 2.05) is 53.1 Å². The van der Waals surface area contributed by atoms with E-state index in [2.05, 4.69) is 9.88 Å². The lowest BCUT2D eigenvalue weighted by Crippen LogP contribution is -2.59. The highest BCUT2D eigenvalue weighted by atomic mass is 16.6. The second-order valence-corrected chi connectivity index (χ2v) is 10.6. The normalized spacial score (nSPS) is 26.1. The molecule has 8 nitrogen and oxygen atoms in total. The van der Waals surface area contributed by atoms with Gasteiger partial charge in [-0.05, 0) is 31.0 Å². The molecule has 0 radical (unpaired) electrons. The van der Waals surface area contributed by atoms with Crippen LogP contribution in [-0.4, -0.2) is 49.8 Å². The Morgan fingerprint density at radius 2 is 1.76 bits per heavy atom. The molecule has 37 heavy (non-hydrogen) atoms. The molecule has 8 heteroatoms. The average molecular weight is 496 g/mol. The molecule has 1 saturated heterocycles. The van der Waals surface area contributed by atoms with Crippen LogP contribution in [0.4, 0.5) is 0 Å². The van der Waals surface area contributed by atoms with Crippen molar-refractivity contribution in [1.82, 2.24) is 14.5 Å². The number of nitrogens with one attached hydrogen (secondary N) is 1. The molecule has 3 aromatic carbocycles. The fourth-order valence-electron chi connectivity index (χ4n) is 7.31. The van der Waals surface area contributed by atoms with Gasteiger partial charge >= 0.3 is 0 Å². The number of aliphatic hydroxyl groups is 2. The number of ketones is 1. The molecule has 3 aliphatic rings. The molecule has 0 unspecified atom stereocenters. The SMILES string of the molecule is C[C@]12O[C@H](C[C@]1(O)C(=O)NCCO)n1c3ccccc3c3c4c(c5c6ccccc6n2c5c31)CCC4=O. The summed E-state index contributed by atoms with van der Waals surface area (Å²) in [6, 6.07) is 15.9. The number of ether oxygens (including phenoxy) is 1. The van der Waals surface area contributed by atoms with Gasteiger partial charge in [0.05, 0.1) is 28.7 Å². The zero-order valence-electron chi connectivity index (χ0n) is 20.2. The Balaban J connectivity index is 1.64. The van der Waals surface area contributed by atoms with Crippen LogP contribution in [-0.2, 0) is 21.7 Å². The van der Waals surface area contributed by atoms with Crippen LogP contribution in [0.2, 0.25) is 0 Å². The summed E-state index contributed by atoms with van der Waals surface area (Å²) in [5.41, 5.74) is 1.99. The topological polar surface area (TPSA) is 106 Å². The Labute approximate surface area is 211 Å². The molecule has 186 valence electrons. The van der Waals surface area contributed by atoms with Gasteiger partial charge in [0.15, 0.2) is 17.1 Å². The van der Waals surface area contributed by atoms with E-state index in [4.69, 9.17) is 4.74 Å². The number of Topliss-reactive ketones (excluding diaryl/α,β-unsaturated/α-hetero) is 1. The number of benzene rings is 3. The molecule has 2 aliphatic heterocycles. The minimum Gasteiger partial charge on any atom is -0.395 e. The van der Waals surface area contributed by atoms with Crippen LogP contribution >= 0.6 is 0 Å². The maximum absolute atomic E-state index is 13.5. The van der Waals surface area contributed by atoms with Crippen molar-refractivity contribution in [2.24, 2.45) is 0 Å². The number of nitrogens with zero attached hydrogens (tertiary/aromatic N) is 2.